The third kappa shape index (κ3) is 4.23. The molecule has 0 atom stereocenters. The van der Waals surface area contributed by atoms with E-state index in [2.05, 4.69) is 15.3 Å². The summed E-state index contributed by atoms with van der Waals surface area (Å²) >= 11 is 0. The minimum atomic E-state index is -0.257. The molecule has 3 rings (SSSR count). The van der Waals surface area contributed by atoms with Crippen LogP contribution in [-0.2, 0) is 16.0 Å². The zero-order chi connectivity index (χ0) is 20.1. The van der Waals surface area contributed by atoms with Gasteiger partial charge in [-0.2, -0.15) is 0 Å². The van der Waals surface area contributed by atoms with Crippen LogP contribution in [0.3, 0.4) is 0 Å². The molecule has 8 nitrogen and oxygen atoms in total. The number of fused-ring (bicyclic) bond motifs is 2. The Bertz CT molecular complexity index is 967. The lowest BCUT2D eigenvalue weighted by Gasteiger charge is -2.09. The molecule has 0 radical (unpaired) electrons. The van der Waals surface area contributed by atoms with Gasteiger partial charge in [-0.15, -0.1) is 0 Å². The Hall–Kier alpha value is -2.71. The fraction of sp³-hybridized carbons (Fsp3) is 0.450. The van der Waals surface area contributed by atoms with Gasteiger partial charge in [-0.1, -0.05) is 12.1 Å². The zero-order valence-corrected chi connectivity index (χ0v) is 16.6. The first-order valence-corrected chi connectivity index (χ1v) is 9.46. The van der Waals surface area contributed by atoms with Crippen LogP contribution in [0.5, 0.6) is 0 Å². The molecule has 150 valence electrons. The van der Waals surface area contributed by atoms with Gasteiger partial charge in [0.2, 0.25) is 0 Å². The second-order valence-electron chi connectivity index (χ2n) is 6.82. The summed E-state index contributed by atoms with van der Waals surface area (Å²) in [4.78, 5) is 22.2. The first-order valence-electron chi connectivity index (χ1n) is 9.46. The summed E-state index contributed by atoms with van der Waals surface area (Å²) in [6.45, 7) is 6.00. The number of nitrogens with two attached hydrogens (primary N) is 1. The Labute approximate surface area is 164 Å². The van der Waals surface area contributed by atoms with E-state index in [1.54, 1.807) is 11.7 Å². The van der Waals surface area contributed by atoms with Crippen molar-refractivity contribution in [2.45, 2.75) is 32.9 Å². The summed E-state index contributed by atoms with van der Waals surface area (Å²) in [6.07, 6.45) is 0.898. The molecule has 0 bridgehead atoms. The largest absolute Gasteiger partial charge is 0.384 e. The summed E-state index contributed by atoms with van der Waals surface area (Å²) in [5, 5.41) is 2.91. The minimum Gasteiger partial charge on any atom is -0.384 e. The van der Waals surface area contributed by atoms with E-state index in [-0.39, 0.29) is 12.0 Å². The summed E-state index contributed by atoms with van der Waals surface area (Å²) in [5.74, 6) is 0.0890. The highest BCUT2D eigenvalue weighted by Gasteiger charge is 2.23. The van der Waals surface area contributed by atoms with E-state index in [9.17, 15) is 4.79 Å². The van der Waals surface area contributed by atoms with Crippen molar-refractivity contribution in [1.82, 2.24) is 19.9 Å². The first kappa shape index (κ1) is 20.0. The van der Waals surface area contributed by atoms with Crippen LogP contribution in [0.15, 0.2) is 24.3 Å². The number of ether oxygens (including phenoxy) is 2. The third-order valence-electron chi connectivity index (χ3n) is 4.40. The molecule has 28 heavy (non-hydrogen) atoms. The van der Waals surface area contributed by atoms with E-state index in [4.69, 9.17) is 15.2 Å². The Kier molecular flexibility index (Phi) is 6.43. The van der Waals surface area contributed by atoms with Crippen LogP contribution >= 0.6 is 0 Å². The van der Waals surface area contributed by atoms with Gasteiger partial charge in [0.05, 0.1) is 23.7 Å². The van der Waals surface area contributed by atoms with Crippen LogP contribution in [0, 0.1) is 0 Å². The summed E-state index contributed by atoms with van der Waals surface area (Å²) in [7, 11) is 1.62. The maximum Gasteiger partial charge on any atom is 0.257 e. The molecule has 0 saturated heterocycles. The van der Waals surface area contributed by atoms with Crippen molar-refractivity contribution >= 4 is 33.9 Å². The number of carbonyl (C=O) groups excluding carboxylic acids is 1. The van der Waals surface area contributed by atoms with E-state index >= 15 is 0 Å². The SMILES string of the molecule is COCCn1c(N)c(C(=O)NCCCOC(C)C)c2nc3ccccc3nc21. The fourth-order valence-corrected chi connectivity index (χ4v) is 3.03. The van der Waals surface area contributed by atoms with Crippen molar-refractivity contribution in [3.8, 4) is 0 Å². The molecule has 0 aliphatic carbocycles. The highest BCUT2D eigenvalue weighted by Crippen LogP contribution is 2.27. The molecular weight excluding hydrogens is 358 g/mol. The average Bonchev–Trinajstić information content (AvgIpc) is 2.94. The number of anilines is 1. The normalized spacial score (nSPS) is 11.6. The van der Waals surface area contributed by atoms with Crippen molar-refractivity contribution in [2.24, 2.45) is 0 Å². The molecule has 0 aliphatic heterocycles. The number of rotatable bonds is 9. The number of amides is 1. The van der Waals surface area contributed by atoms with E-state index < -0.39 is 0 Å². The second kappa shape index (κ2) is 8.99. The molecule has 1 aromatic carbocycles. The number of carbonyl (C=O) groups is 1. The van der Waals surface area contributed by atoms with Crippen molar-refractivity contribution in [1.29, 1.82) is 0 Å². The molecule has 8 heteroatoms. The molecule has 1 amide bonds. The van der Waals surface area contributed by atoms with Crippen molar-refractivity contribution in [3.05, 3.63) is 29.8 Å². The lowest BCUT2D eigenvalue weighted by atomic mass is 10.2. The number of methoxy groups -OCH3 is 1. The van der Waals surface area contributed by atoms with Crippen LogP contribution < -0.4 is 11.1 Å². The van der Waals surface area contributed by atoms with Gasteiger partial charge in [-0.3, -0.25) is 4.79 Å². The van der Waals surface area contributed by atoms with Crippen LogP contribution in [0.25, 0.3) is 22.2 Å². The Morgan fingerprint density at radius 3 is 2.61 bits per heavy atom. The van der Waals surface area contributed by atoms with Gasteiger partial charge < -0.3 is 25.1 Å². The Balaban J connectivity index is 1.92. The average molecular weight is 385 g/mol. The minimum absolute atomic E-state index is 0.175. The van der Waals surface area contributed by atoms with Crippen molar-refractivity contribution in [3.63, 3.8) is 0 Å². The number of nitrogens with one attached hydrogen (secondary N) is 1. The highest BCUT2D eigenvalue weighted by atomic mass is 16.5. The van der Waals surface area contributed by atoms with Gasteiger partial charge in [-0.25, -0.2) is 9.97 Å². The van der Waals surface area contributed by atoms with E-state index in [0.717, 1.165) is 17.5 Å². The molecule has 3 aromatic rings. The lowest BCUT2D eigenvalue weighted by molar-refractivity contribution is 0.0757. The van der Waals surface area contributed by atoms with Crippen LogP contribution in [0.2, 0.25) is 0 Å². The molecule has 2 heterocycles. The predicted molar refractivity (Wildman–Crippen MR) is 109 cm³/mol. The smallest absolute Gasteiger partial charge is 0.257 e. The topological polar surface area (TPSA) is 104 Å². The van der Waals surface area contributed by atoms with Gasteiger partial charge in [0.25, 0.3) is 5.91 Å². The molecule has 2 aromatic heterocycles. The summed E-state index contributed by atoms with van der Waals surface area (Å²) in [6, 6.07) is 7.56. The van der Waals surface area contributed by atoms with E-state index in [0.29, 0.717) is 48.8 Å². The number of nitrogens with zero attached hydrogens (tertiary/aromatic N) is 3. The van der Waals surface area contributed by atoms with Gasteiger partial charge in [0.15, 0.2) is 5.65 Å². The Morgan fingerprint density at radius 1 is 1.21 bits per heavy atom. The standard InChI is InChI=1S/C20H27N5O3/c1-13(2)28-11-6-9-22-20(26)16-17-19(25(18(16)21)10-12-27-3)24-15-8-5-4-7-14(15)23-17/h4-5,7-8,13H,6,9-12,21H2,1-3H3,(H,22,26). The van der Waals surface area contributed by atoms with Gasteiger partial charge >= 0.3 is 0 Å². The summed E-state index contributed by atoms with van der Waals surface area (Å²) < 4.78 is 12.5. The maximum absolute atomic E-state index is 12.9. The number of para-hydroxylation sites is 2. The molecule has 0 spiro atoms. The lowest BCUT2D eigenvalue weighted by Crippen LogP contribution is -2.26. The summed E-state index contributed by atoms with van der Waals surface area (Å²) in [5.41, 5.74) is 9.25. The van der Waals surface area contributed by atoms with Gasteiger partial charge in [0.1, 0.15) is 16.9 Å². The molecule has 0 fully saturated rings. The zero-order valence-electron chi connectivity index (χ0n) is 16.6. The monoisotopic (exact) mass is 385 g/mol. The number of hydrogen-bond donors (Lipinski definition) is 2. The first-order chi connectivity index (χ1) is 13.5. The van der Waals surface area contributed by atoms with Crippen LogP contribution in [0.4, 0.5) is 5.82 Å². The second-order valence-corrected chi connectivity index (χ2v) is 6.82. The molecule has 0 saturated carbocycles. The number of aromatic nitrogens is 3. The predicted octanol–water partition coefficient (Wildman–Crippen LogP) is 2.36. The van der Waals surface area contributed by atoms with Gasteiger partial charge in [0, 0.05) is 26.8 Å². The molecular formula is C20H27N5O3. The molecule has 0 aliphatic rings. The fourth-order valence-electron chi connectivity index (χ4n) is 3.03. The van der Waals surface area contributed by atoms with E-state index in [1.807, 2.05) is 38.1 Å². The number of hydrogen-bond acceptors (Lipinski definition) is 6. The highest BCUT2D eigenvalue weighted by molar-refractivity contribution is 6.10. The quantitative estimate of drug-likeness (QED) is 0.548. The van der Waals surface area contributed by atoms with Gasteiger partial charge in [-0.05, 0) is 32.4 Å². The van der Waals surface area contributed by atoms with E-state index in [1.165, 1.54) is 0 Å². The van der Waals surface area contributed by atoms with Crippen LogP contribution in [0.1, 0.15) is 30.6 Å². The van der Waals surface area contributed by atoms with Crippen molar-refractivity contribution in [2.75, 3.05) is 32.6 Å². The maximum atomic E-state index is 12.9. The van der Waals surface area contributed by atoms with Crippen LogP contribution in [-0.4, -0.2) is 53.4 Å². The molecule has 3 N–H and O–H groups in total. The molecule has 0 unspecified atom stereocenters. The number of benzene rings is 1. The van der Waals surface area contributed by atoms with Crippen molar-refractivity contribution < 1.29 is 14.3 Å². The number of nitrogen functional groups attached to an aromatic ring is 1. The Morgan fingerprint density at radius 2 is 1.93 bits per heavy atom. The third-order valence-corrected chi connectivity index (χ3v) is 4.40.